The number of carbonyl (C=O) groups is 1. The third-order valence-corrected chi connectivity index (χ3v) is 3.16. The van der Waals surface area contributed by atoms with E-state index in [-0.39, 0.29) is 6.54 Å². The summed E-state index contributed by atoms with van der Waals surface area (Å²) < 4.78 is 30.3. The molecule has 6 nitrogen and oxygen atoms in total. The van der Waals surface area contributed by atoms with Crippen molar-refractivity contribution in [3.05, 3.63) is 0 Å². The lowest BCUT2D eigenvalue weighted by Gasteiger charge is -2.24. The van der Waals surface area contributed by atoms with Crippen LogP contribution >= 0.6 is 0 Å². The largest absolute Gasteiger partial charge is 0.481 e. The van der Waals surface area contributed by atoms with Gasteiger partial charge in [0.05, 0.1) is 17.8 Å². The van der Waals surface area contributed by atoms with Crippen LogP contribution < -0.4 is 4.72 Å². The Balaban J connectivity index is 4.13. The Morgan fingerprint density at radius 1 is 1.44 bits per heavy atom. The zero-order valence-electron chi connectivity index (χ0n) is 9.82. The minimum Gasteiger partial charge on any atom is -0.481 e. The van der Waals surface area contributed by atoms with E-state index in [1.165, 1.54) is 0 Å². The molecule has 0 aliphatic carbocycles. The maximum atomic E-state index is 11.4. The molecule has 0 aliphatic rings. The van der Waals surface area contributed by atoms with Crippen molar-refractivity contribution in [2.45, 2.75) is 32.8 Å². The van der Waals surface area contributed by atoms with Gasteiger partial charge in [0.15, 0.2) is 0 Å². The van der Waals surface area contributed by atoms with E-state index in [1.54, 1.807) is 13.8 Å². The number of nitrogens with one attached hydrogen (secondary N) is 1. The van der Waals surface area contributed by atoms with Gasteiger partial charge in [0.2, 0.25) is 10.0 Å². The lowest BCUT2D eigenvalue weighted by atomic mass is 10.1. The lowest BCUT2D eigenvalue weighted by molar-refractivity contribution is -0.136. The summed E-state index contributed by atoms with van der Waals surface area (Å²) >= 11 is 0. The second-order valence-corrected chi connectivity index (χ2v) is 5.90. The second-order valence-electron chi connectivity index (χ2n) is 3.98. The number of hydrogen-bond acceptors (Lipinski definition) is 4. The normalized spacial score (nSPS) is 12.7. The SMILES string of the molecule is CCOC(C)(C)CNS(=O)(=O)CCC(=O)O. The third kappa shape index (κ3) is 7.61. The van der Waals surface area contributed by atoms with Gasteiger partial charge >= 0.3 is 5.97 Å². The van der Waals surface area contributed by atoms with E-state index in [4.69, 9.17) is 9.84 Å². The summed E-state index contributed by atoms with van der Waals surface area (Å²) in [5, 5.41) is 8.37. The summed E-state index contributed by atoms with van der Waals surface area (Å²) in [6.45, 7) is 5.96. The molecule has 0 rings (SSSR count). The van der Waals surface area contributed by atoms with Crippen LogP contribution in [0.3, 0.4) is 0 Å². The molecule has 0 spiro atoms. The van der Waals surface area contributed by atoms with Gasteiger partial charge in [-0.2, -0.15) is 0 Å². The molecule has 0 saturated carbocycles. The number of carboxylic acids is 1. The molecule has 2 N–H and O–H groups in total. The number of ether oxygens (including phenoxy) is 1. The number of rotatable bonds is 8. The number of sulfonamides is 1. The molecular formula is C9H19NO5S. The molecule has 0 heterocycles. The quantitative estimate of drug-likeness (QED) is 0.644. The first kappa shape index (κ1) is 15.3. The van der Waals surface area contributed by atoms with E-state index in [2.05, 4.69) is 4.72 Å². The van der Waals surface area contributed by atoms with E-state index >= 15 is 0 Å². The number of aliphatic carboxylic acids is 1. The fraction of sp³-hybridized carbons (Fsp3) is 0.889. The Morgan fingerprint density at radius 3 is 2.44 bits per heavy atom. The summed E-state index contributed by atoms with van der Waals surface area (Å²) in [7, 11) is -3.54. The van der Waals surface area contributed by atoms with Gasteiger partial charge < -0.3 is 9.84 Å². The van der Waals surface area contributed by atoms with Gasteiger partial charge in [-0.1, -0.05) is 0 Å². The van der Waals surface area contributed by atoms with Gasteiger partial charge in [0.1, 0.15) is 0 Å². The molecule has 0 aromatic rings. The highest BCUT2D eigenvalue weighted by atomic mass is 32.2. The lowest BCUT2D eigenvalue weighted by Crippen LogP contribution is -2.41. The summed E-state index contributed by atoms with van der Waals surface area (Å²) in [6.07, 6.45) is -0.398. The van der Waals surface area contributed by atoms with Gasteiger partial charge in [-0.25, -0.2) is 13.1 Å². The van der Waals surface area contributed by atoms with Crippen LogP contribution in [-0.2, 0) is 19.6 Å². The average molecular weight is 253 g/mol. The second kappa shape index (κ2) is 6.17. The van der Waals surface area contributed by atoms with Crippen molar-refractivity contribution < 1.29 is 23.1 Å². The highest BCUT2D eigenvalue weighted by Gasteiger charge is 2.21. The molecule has 0 fully saturated rings. The maximum Gasteiger partial charge on any atom is 0.304 e. The monoisotopic (exact) mass is 253 g/mol. The van der Waals surface area contributed by atoms with E-state index < -0.39 is 33.8 Å². The van der Waals surface area contributed by atoms with Gasteiger partial charge in [0, 0.05) is 13.2 Å². The Bertz CT molecular complexity index is 323. The highest BCUT2D eigenvalue weighted by molar-refractivity contribution is 7.89. The van der Waals surface area contributed by atoms with Crippen LogP contribution in [-0.4, -0.2) is 44.0 Å². The topological polar surface area (TPSA) is 92.7 Å². The minimum atomic E-state index is -3.54. The van der Waals surface area contributed by atoms with Crippen LogP contribution in [0.2, 0.25) is 0 Å². The third-order valence-electron chi connectivity index (χ3n) is 1.84. The molecule has 7 heteroatoms. The Hall–Kier alpha value is -0.660. The molecule has 0 amide bonds. The van der Waals surface area contributed by atoms with Crippen molar-refractivity contribution in [1.29, 1.82) is 0 Å². The minimum absolute atomic E-state index is 0.128. The van der Waals surface area contributed by atoms with Crippen molar-refractivity contribution in [2.24, 2.45) is 0 Å². The molecule has 16 heavy (non-hydrogen) atoms. The van der Waals surface area contributed by atoms with Crippen molar-refractivity contribution in [2.75, 3.05) is 18.9 Å². The summed E-state index contributed by atoms with van der Waals surface area (Å²) in [5.41, 5.74) is -0.592. The van der Waals surface area contributed by atoms with Crippen molar-refractivity contribution in [1.82, 2.24) is 4.72 Å². The highest BCUT2D eigenvalue weighted by Crippen LogP contribution is 2.07. The predicted molar refractivity (Wildman–Crippen MR) is 59.7 cm³/mol. The standard InChI is InChI=1S/C9H19NO5S/c1-4-15-9(2,3)7-10-16(13,14)6-5-8(11)12/h10H,4-7H2,1-3H3,(H,11,12). The molecule has 0 aliphatic heterocycles. The van der Waals surface area contributed by atoms with E-state index in [1.807, 2.05) is 6.92 Å². The van der Waals surface area contributed by atoms with E-state index in [0.717, 1.165) is 0 Å². The smallest absolute Gasteiger partial charge is 0.304 e. The first-order valence-electron chi connectivity index (χ1n) is 5.01. The predicted octanol–water partition coefficient (Wildman–Crippen LogP) is 0.196. The number of hydrogen-bond donors (Lipinski definition) is 2. The number of carboxylic acid groups (broad SMARTS) is 1. The molecule has 0 unspecified atom stereocenters. The van der Waals surface area contributed by atoms with Crippen LogP contribution in [0, 0.1) is 0 Å². The summed E-state index contributed by atoms with van der Waals surface area (Å²) in [6, 6.07) is 0. The first-order valence-corrected chi connectivity index (χ1v) is 6.67. The molecular weight excluding hydrogens is 234 g/mol. The van der Waals surface area contributed by atoms with Crippen LogP contribution in [0.5, 0.6) is 0 Å². The summed E-state index contributed by atoms with van der Waals surface area (Å²) in [5.74, 6) is -1.54. The average Bonchev–Trinajstić information content (AvgIpc) is 2.13. The van der Waals surface area contributed by atoms with Crippen molar-refractivity contribution >= 4 is 16.0 Å². The Morgan fingerprint density at radius 2 is 2.00 bits per heavy atom. The fourth-order valence-electron chi connectivity index (χ4n) is 1.02. The van der Waals surface area contributed by atoms with Crippen molar-refractivity contribution in [3.63, 3.8) is 0 Å². The Labute approximate surface area is 96.0 Å². The van der Waals surface area contributed by atoms with Crippen LogP contribution in [0.15, 0.2) is 0 Å². The van der Waals surface area contributed by atoms with Crippen LogP contribution in [0.1, 0.15) is 27.2 Å². The zero-order valence-corrected chi connectivity index (χ0v) is 10.6. The maximum absolute atomic E-state index is 11.4. The molecule has 0 atom stereocenters. The van der Waals surface area contributed by atoms with E-state index in [9.17, 15) is 13.2 Å². The first-order chi connectivity index (χ1) is 7.18. The zero-order chi connectivity index (χ0) is 12.8. The van der Waals surface area contributed by atoms with Crippen molar-refractivity contribution in [3.8, 4) is 0 Å². The summed E-state index contributed by atoms with van der Waals surface area (Å²) in [4.78, 5) is 10.2. The Kier molecular flexibility index (Phi) is 5.91. The molecule has 0 aromatic heterocycles. The molecule has 0 saturated heterocycles. The molecule has 0 aromatic carbocycles. The van der Waals surface area contributed by atoms with Crippen LogP contribution in [0.25, 0.3) is 0 Å². The molecule has 0 bridgehead atoms. The van der Waals surface area contributed by atoms with Gasteiger partial charge in [-0.3, -0.25) is 4.79 Å². The molecule has 0 radical (unpaired) electrons. The van der Waals surface area contributed by atoms with Gasteiger partial charge in [-0.05, 0) is 20.8 Å². The van der Waals surface area contributed by atoms with E-state index in [0.29, 0.717) is 6.61 Å². The van der Waals surface area contributed by atoms with Gasteiger partial charge in [0.25, 0.3) is 0 Å². The molecule has 96 valence electrons. The fourth-order valence-corrected chi connectivity index (χ4v) is 2.17. The van der Waals surface area contributed by atoms with Crippen LogP contribution in [0.4, 0.5) is 0 Å². The van der Waals surface area contributed by atoms with Gasteiger partial charge in [-0.15, -0.1) is 0 Å².